The highest BCUT2D eigenvalue weighted by molar-refractivity contribution is 7.98. The van der Waals surface area contributed by atoms with Crippen molar-refractivity contribution in [3.05, 3.63) is 65.5 Å². The van der Waals surface area contributed by atoms with Gasteiger partial charge in [-0.2, -0.15) is 0 Å². The summed E-state index contributed by atoms with van der Waals surface area (Å²) in [5.74, 6) is -0.249. The van der Waals surface area contributed by atoms with Crippen LogP contribution in [0, 0.1) is 12.7 Å². The third-order valence-corrected chi connectivity index (χ3v) is 2.97. The maximum atomic E-state index is 13.3. The number of aryl methyl sites for hydroxylation is 1. The van der Waals surface area contributed by atoms with Gasteiger partial charge in [0.25, 0.3) is 0 Å². The molecule has 0 saturated heterocycles. The summed E-state index contributed by atoms with van der Waals surface area (Å²) >= 11 is 1.34. The second kappa shape index (κ2) is 5.64. The zero-order valence-electron chi connectivity index (χ0n) is 9.43. The third kappa shape index (κ3) is 3.43. The van der Waals surface area contributed by atoms with Gasteiger partial charge in [-0.05, 0) is 25.1 Å². The monoisotopic (exact) mass is 245 g/mol. The largest absolute Gasteiger partial charge is 0.219 e. The molecule has 0 saturated carbocycles. The van der Waals surface area contributed by atoms with Gasteiger partial charge in [0.2, 0.25) is 0 Å². The van der Waals surface area contributed by atoms with Crippen molar-refractivity contribution in [2.75, 3.05) is 0 Å². The number of hydrogen-bond acceptors (Lipinski definition) is 2. The van der Waals surface area contributed by atoms with Crippen molar-refractivity contribution in [3.8, 4) is 0 Å². The molecule has 0 N–H and O–H groups in total. The van der Waals surface area contributed by atoms with Crippen LogP contribution in [0.4, 0.5) is 4.39 Å². The minimum absolute atomic E-state index is 0.249. The Hall–Kier alpha value is -1.61. The normalized spacial score (nSPS) is 10.9. The second-order valence-electron chi connectivity index (χ2n) is 3.66. The standard InChI is InChI=1S/C14H12FNS/c1-11-6-8-13(9-7-11)17-16-10-12-4-2-3-5-14(12)15/h2-10H,1H3/b16-10+. The van der Waals surface area contributed by atoms with Crippen LogP contribution < -0.4 is 0 Å². The highest BCUT2D eigenvalue weighted by Gasteiger charge is 1.96. The van der Waals surface area contributed by atoms with E-state index in [1.165, 1.54) is 23.6 Å². The molecule has 0 unspecified atom stereocenters. The van der Waals surface area contributed by atoms with Gasteiger partial charge in [-0.15, -0.1) is 0 Å². The van der Waals surface area contributed by atoms with E-state index in [0.29, 0.717) is 5.56 Å². The van der Waals surface area contributed by atoms with E-state index in [-0.39, 0.29) is 5.82 Å². The van der Waals surface area contributed by atoms with Crippen molar-refractivity contribution in [2.24, 2.45) is 4.40 Å². The van der Waals surface area contributed by atoms with E-state index < -0.39 is 0 Å². The van der Waals surface area contributed by atoms with E-state index in [4.69, 9.17) is 0 Å². The van der Waals surface area contributed by atoms with E-state index in [2.05, 4.69) is 4.40 Å². The summed E-state index contributed by atoms with van der Waals surface area (Å²) in [5.41, 5.74) is 1.72. The Bertz CT molecular complexity index is 520. The second-order valence-corrected chi connectivity index (χ2v) is 4.53. The van der Waals surface area contributed by atoms with Crippen molar-refractivity contribution in [3.63, 3.8) is 0 Å². The summed E-state index contributed by atoms with van der Waals surface area (Å²) in [6, 6.07) is 14.6. The van der Waals surface area contributed by atoms with Crippen LogP contribution in [-0.4, -0.2) is 6.21 Å². The molecule has 0 amide bonds. The molecule has 0 aliphatic carbocycles. The number of benzene rings is 2. The highest BCUT2D eigenvalue weighted by atomic mass is 32.2. The summed E-state index contributed by atoms with van der Waals surface area (Å²) in [5, 5.41) is 0. The molecule has 0 heterocycles. The number of nitrogens with zero attached hydrogens (tertiary/aromatic N) is 1. The Balaban J connectivity index is 2.03. The van der Waals surface area contributed by atoms with Gasteiger partial charge in [-0.25, -0.2) is 8.79 Å². The fraction of sp³-hybridized carbons (Fsp3) is 0.0714. The number of halogens is 1. The average molecular weight is 245 g/mol. The van der Waals surface area contributed by atoms with Crippen LogP contribution in [0.25, 0.3) is 0 Å². The lowest BCUT2D eigenvalue weighted by Gasteiger charge is -1.97. The summed E-state index contributed by atoms with van der Waals surface area (Å²) in [7, 11) is 0. The summed E-state index contributed by atoms with van der Waals surface area (Å²) < 4.78 is 17.4. The van der Waals surface area contributed by atoms with Gasteiger partial charge in [0, 0.05) is 28.6 Å². The molecular weight excluding hydrogens is 233 g/mol. The smallest absolute Gasteiger partial charge is 0.131 e. The van der Waals surface area contributed by atoms with Crippen molar-refractivity contribution in [2.45, 2.75) is 11.8 Å². The molecule has 0 fully saturated rings. The molecule has 0 aromatic heterocycles. The molecule has 0 atom stereocenters. The third-order valence-electron chi connectivity index (χ3n) is 2.28. The van der Waals surface area contributed by atoms with E-state index in [9.17, 15) is 4.39 Å². The molecule has 3 heteroatoms. The average Bonchev–Trinajstić information content (AvgIpc) is 2.34. The molecule has 0 spiro atoms. The summed E-state index contributed by atoms with van der Waals surface area (Å²) in [4.78, 5) is 1.04. The molecule has 0 aliphatic heterocycles. The first-order valence-electron chi connectivity index (χ1n) is 5.27. The van der Waals surface area contributed by atoms with Crippen LogP contribution in [0.1, 0.15) is 11.1 Å². The SMILES string of the molecule is Cc1ccc(S/N=C/c2ccccc2F)cc1. The van der Waals surface area contributed by atoms with Gasteiger partial charge in [0.1, 0.15) is 5.82 Å². The lowest BCUT2D eigenvalue weighted by molar-refractivity contribution is 0.626. The van der Waals surface area contributed by atoms with Crippen LogP contribution in [0.2, 0.25) is 0 Å². The number of rotatable bonds is 3. The summed E-state index contributed by atoms with van der Waals surface area (Å²) in [6.45, 7) is 2.04. The van der Waals surface area contributed by atoms with Gasteiger partial charge in [0.15, 0.2) is 0 Å². The predicted octanol–water partition coefficient (Wildman–Crippen LogP) is 4.26. The quantitative estimate of drug-likeness (QED) is 0.581. The lowest BCUT2D eigenvalue weighted by atomic mass is 10.2. The molecule has 0 aliphatic rings. The minimum Gasteiger partial charge on any atom is -0.219 e. The van der Waals surface area contributed by atoms with Crippen molar-refractivity contribution < 1.29 is 4.39 Å². The Morgan fingerprint density at radius 3 is 2.47 bits per heavy atom. The molecular formula is C14H12FNS. The van der Waals surface area contributed by atoms with Crippen molar-refractivity contribution in [1.29, 1.82) is 0 Å². The molecule has 1 nitrogen and oxygen atoms in total. The topological polar surface area (TPSA) is 12.4 Å². The van der Waals surface area contributed by atoms with Gasteiger partial charge < -0.3 is 0 Å². The van der Waals surface area contributed by atoms with E-state index in [0.717, 1.165) is 4.90 Å². The van der Waals surface area contributed by atoms with Crippen LogP contribution in [0.5, 0.6) is 0 Å². The first-order valence-corrected chi connectivity index (χ1v) is 6.04. The van der Waals surface area contributed by atoms with Crippen molar-refractivity contribution >= 4 is 18.2 Å². The molecule has 86 valence electrons. The van der Waals surface area contributed by atoms with Gasteiger partial charge in [-0.3, -0.25) is 0 Å². The molecule has 0 bridgehead atoms. The lowest BCUT2D eigenvalue weighted by Crippen LogP contribution is -1.85. The first-order chi connectivity index (χ1) is 8.25. The minimum atomic E-state index is -0.249. The maximum Gasteiger partial charge on any atom is 0.131 e. The van der Waals surface area contributed by atoms with E-state index in [1.54, 1.807) is 24.4 Å². The molecule has 2 aromatic carbocycles. The van der Waals surface area contributed by atoms with Gasteiger partial charge in [-0.1, -0.05) is 35.9 Å². The zero-order valence-corrected chi connectivity index (χ0v) is 10.2. The van der Waals surface area contributed by atoms with Gasteiger partial charge in [0.05, 0.1) is 0 Å². The van der Waals surface area contributed by atoms with Crippen LogP contribution in [-0.2, 0) is 0 Å². The molecule has 2 aromatic rings. The first kappa shape index (κ1) is 11.9. The fourth-order valence-corrected chi connectivity index (χ4v) is 1.87. The fourth-order valence-electron chi connectivity index (χ4n) is 1.32. The van der Waals surface area contributed by atoms with Crippen LogP contribution in [0.15, 0.2) is 57.8 Å². The van der Waals surface area contributed by atoms with Crippen LogP contribution in [0.3, 0.4) is 0 Å². The van der Waals surface area contributed by atoms with E-state index >= 15 is 0 Å². The Labute approximate surface area is 105 Å². The Morgan fingerprint density at radius 2 is 1.76 bits per heavy atom. The number of hydrogen-bond donors (Lipinski definition) is 0. The van der Waals surface area contributed by atoms with E-state index in [1.807, 2.05) is 31.2 Å². The molecule has 17 heavy (non-hydrogen) atoms. The maximum absolute atomic E-state index is 13.3. The molecule has 0 radical (unpaired) electrons. The Morgan fingerprint density at radius 1 is 1.06 bits per heavy atom. The summed E-state index contributed by atoms with van der Waals surface area (Å²) in [6.07, 6.45) is 1.54. The van der Waals surface area contributed by atoms with Crippen LogP contribution >= 0.6 is 11.9 Å². The van der Waals surface area contributed by atoms with Crippen molar-refractivity contribution in [1.82, 2.24) is 0 Å². The highest BCUT2D eigenvalue weighted by Crippen LogP contribution is 2.19. The predicted molar refractivity (Wildman–Crippen MR) is 71.0 cm³/mol. The molecule has 2 rings (SSSR count). The zero-order chi connectivity index (χ0) is 12.1. The Kier molecular flexibility index (Phi) is 3.94. The van der Waals surface area contributed by atoms with Gasteiger partial charge >= 0.3 is 0 Å².